The Morgan fingerprint density at radius 3 is 2.30 bits per heavy atom. The molecule has 3 atom stereocenters. The van der Waals surface area contributed by atoms with Crippen molar-refractivity contribution < 1.29 is 33.6 Å². The maximum absolute atomic E-state index is 13.2. The van der Waals surface area contributed by atoms with Crippen LogP contribution in [0.2, 0.25) is 0 Å². The quantitative estimate of drug-likeness (QED) is 0.147. The predicted octanol–water partition coefficient (Wildman–Crippen LogP) is 6.60. The molecule has 3 rings (SSSR count). The van der Waals surface area contributed by atoms with E-state index in [2.05, 4.69) is 30.1 Å². The van der Waals surface area contributed by atoms with Gasteiger partial charge in [0.2, 0.25) is 0 Å². The molecule has 8 nitrogen and oxygen atoms in total. The lowest BCUT2D eigenvalue weighted by Crippen LogP contribution is -2.44. The van der Waals surface area contributed by atoms with E-state index in [1.165, 1.54) is 24.9 Å². The number of methoxy groups -OCH3 is 2. The summed E-state index contributed by atoms with van der Waals surface area (Å²) >= 11 is 0. The average Bonchev–Trinajstić information content (AvgIpc) is 2.99. The van der Waals surface area contributed by atoms with E-state index in [1.807, 2.05) is 51.1 Å². The van der Waals surface area contributed by atoms with Crippen LogP contribution in [0.25, 0.3) is 0 Å². The van der Waals surface area contributed by atoms with Gasteiger partial charge in [0.25, 0.3) is 0 Å². The normalized spacial score (nSPS) is 13.6. The summed E-state index contributed by atoms with van der Waals surface area (Å²) in [5, 5.41) is 10.3. The number of ketones is 1. The third kappa shape index (κ3) is 9.04. The number of rotatable bonds is 16. The van der Waals surface area contributed by atoms with Crippen molar-refractivity contribution in [1.82, 2.24) is 4.98 Å². The van der Waals surface area contributed by atoms with Gasteiger partial charge in [0.05, 0.1) is 25.7 Å². The molecule has 0 amide bonds. The van der Waals surface area contributed by atoms with Crippen LogP contribution >= 0.6 is 0 Å². The molecule has 1 aromatic heterocycles. The molecular weight excluding hydrogens is 546 g/mol. The topological polar surface area (TPSA) is 104 Å². The van der Waals surface area contributed by atoms with E-state index in [-0.39, 0.29) is 29.5 Å². The van der Waals surface area contributed by atoms with Crippen LogP contribution in [-0.4, -0.2) is 54.4 Å². The van der Waals surface area contributed by atoms with E-state index in [4.69, 9.17) is 18.9 Å². The summed E-state index contributed by atoms with van der Waals surface area (Å²) in [6, 6.07) is 17.9. The fourth-order valence-corrected chi connectivity index (χ4v) is 5.26. The molecule has 0 saturated heterocycles. The summed E-state index contributed by atoms with van der Waals surface area (Å²) in [4.78, 5) is 30.1. The summed E-state index contributed by atoms with van der Waals surface area (Å²) in [7, 11) is 3.07. The van der Waals surface area contributed by atoms with E-state index < -0.39 is 29.4 Å². The number of benzene rings is 2. The summed E-state index contributed by atoms with van der Waals surface area (Å²) in [5.74, 6) is -1.29. The second kappa shape index (κ2) is 15.5. The monoisotopic (exact) mass is 591 g/mol. The maximum atomic E-state index is 13.2. The van der Waals surface area contributed by atoms with Crippen molar-refractivity contribution in [1.29, 1.82) is 0 Å². The fraction of sp³-hybridized carbons (Fsp3) is 0.457. The van der Waals surface area contributed by atoms with Gasteiger partial charge in [0.1, 0.15) is 11.9 Å². The number of aromatic nitrogens is 1. The van der Waals surface area contributed by atoms with Gasteiger partial charge in [-0.1, -0.05) is 56.3 Å². The molecule has 0 aliphatic rings. The van der Waals surface area contributed by atoms with Crippen LogP contribution in [0.3, 0.4) is 0 Å². The van der Waals surface area contributed by atoms with Crippen molar-refractivity contribution in [3.63, 3.8) is 0 Å². The molecule has 0 fully saturated rings. The molecule has 0 saturated carbocycles. The zero-order valence-electron chi connectivity index (χ0n) is 26.4. The fourth-order valence-electron chi connectivity index (χ4n) is 5.26. The SMILES string of the molecule is CCCOC(C)(C)[C@@H](Cc1ccc(OC)c(Cc2ccccc2)c1)[C@H](C)OC(=O)[C@H](C)CC(=O)c1nccc(OC)c1O. The molecule has 0 unspecified atom stereocenters. The molecule has 0 bridgehead atoms. The first-order valence-corrected chi connectivity index (χ1v) is 14.8. The van der Waals surface area contributed by atoms with Gasteiger partial charge in [0.15, 0.2) is 23.0 Å². The smallest absolute Gasteiger partial charge is 0.309 e. The van der Waals surface area contributed by atoms with Crippen LogP contribution in [-0.2, 0) is 27.1 Å². The second-order valence-corrected chi connectivity index (χ2v) is 11.5. The Hall–Kier alpha value is -3.91. The lowest BCUT2D eigenvalue weighted by molar-refractivity contribution is -0.163. The largest absolute Gasteiger partial charge is 0.503 e. The number of ether oxygens (including phenoxy) is 4. The number of carbonyl (C=O) groups excluding carboxylic acids is 2. The standard InChI is InChI=1S/C35H45NO7/c1-8-18-42-35(4,5)28(22-26-14-15-30(40-6)27(21-26)20-25-12-10-9-11-13-25)24(3)43-34(39)23(2)19-29(37)32-33(38)31(41-7)16-17-36-32/h9-17,21,23-24,28,38H,8,18-20,22H2,1-7H3/t23-,24+,28+/m1/s1. The zero-order valence-corrected chi connectivity index (χ0v) is 26.4. The molecule has 0 radical (unpaired) electrons. The summed E-state index contributed by atoms with van der Waals surface area (Å²) in [6.45, 7) is 10.2. The van der Waals surface area contributed by atoms with Gasteiger partial charge in [0, 0.05) is 37.6 Å². The Morgan fingerprint density at radius 1 is 0.953 bits per heavy atom. The molecule has 1 N–H and O–H groups in total. The van der Waals surface area contributed by atoms with E-state index >= 15 is 0 Å². The van der Waals surface area contributed by atoms with Crippen molar-refractivity contribution in [3.05, 3.63) is 83.2 Å². The van der Waals surface area contributed by atoms with E-state index in [9.17, 15) is 14.7 Å². The first kappa shape index (κ1) is 33.6. The Labute approximate surface area is 255 Å². The highest BCUT2D eigenvalue weighted by Crippen LogP contribution is 2.33. The minimum absolute atomic E-state index is 0.134. The van der Waals surface area contributed by atoms with Crippen LogP contribution in [0.15, 0.2) is 60.8 Å². The van der Waals surface area contributed by atoms with Gasteiger partial charge >= 0.3 is 5.97 Å². The van der Waals surface area contributed by atoms with Crippen molar-refractivity contribution in [2.45, 2.75) is 72.0 Å². The number of nitrogens with zero attached hydrogens (tertiary/aromatic N) is 1. The molecule has 0 aliphatic carbocycles. The van der Waals surface area contributed by atoms with Crippen LogP contribution in [0, 0.1) is 11.8 Å². The first-order chi connectivity index (χ1) is 20.5. The van der Waals surface area contributed by atoms with Crippen LogP contribution in [0.1, 0.15) is 74.6 Å². The minimum atomic E-state index is -0.749. The summed E-state index contributed by atoms with van der Waals surface area (Å²) in [5.41, 5.74) is 2.60. The molecular formula is C35H45NO7. The Balaban J connectivity index is 1.79. The highest BCUT2D eigenvalue weighted by Gasteiger charge is 2.37. The molecule has 8 heteroatoms. The zero-order chi connectivity index (χ0) is 31.6. The van der Waals surface area contributed by atoms with Gasteiger partial charge in [-0.15, -0.1) is 0 Å². The molecule has 0 spiro atoms. The first-order valence-electron chi connectivity index (χ1n) is 14.8. The van der Waals surface area contributed by atoms with Crippen molar-refractivity contribution in [3.8, 4) is 17.2 Å². The van der Waals surface area contributed by atoms with E-state index in [1.54, 1.807) is 14.0 Å². The predicted molar refractivity (Wildman–Crippen MR) is 166 cm³/mol. The number of aromatic hydroxyl groups is 1. The van der Waals surface area contributed by atoms with Crippen LogP contribution < -0.4 is 9.47 Å². The Kier molecular flexibility index (Phi) is 12.1. The van der Waals surface area contributed by atoms with Crippen molar-refractivity contribution >= 4 is 11.8 Å². The van der Waals surface area contributed by atoms with Crippen LogP contribution in [0.5, 0.6) is 17.2 Å². The number of hydrogen-bond donors (Lipinski definition) is 1. The molecule has 0 aliphatic heterocycles. The third-order valence-corrected chi connectivity index (χ3v) is 7.74. The third-order valence-electron chi connectivity index (χ3n) is 7.74. The molecule has 232 valence electrons. The molecule has 1 heterocycles. The summed E-state index contributed by atoms with van der Waals surface area (Å²) < 4.78 is 23.0. The van der Waals surface area contributed by atoms with E-state index in [0.29, 0.717) is 13.0 Å². The summed E-state index contributed by atoms with van der Waals surface area (Å²) in [6.07, 6.45) is 2.89. The lowest BCUT2D eigenvalue weighted by atomic mass is 9.81. The minimum Gasteiger partial charge on any atom is -0.503 e. The Morgan fingerprint density at radius 2 is 1.65 bits per heavy atom. The molecule has 2 aromatic carbocycles. The van der Waals surface area contributed by atoms with Crippen molar-refractivity contribution in [2.24, 2.45) is 11.8 Å². The Bertz CT molecular complexity index is 1360. The van der Waals surface area contributed by atoms with E-state index in [0.717, 1.165) is 29.7 Å². The number of esters is 1. The number of Topliss-reactive ketones (excluding diaryl/α,β-unsaturated/α-hetero) is 1. The molecule has 3 aromatic rings. The molecule has 43 heavy (non-hydrogen) atoms. The van der Waals surface area contributed by atoms with Gasteiger partial charge in [-0.05, 0) is 56.4 Å². The van der Waals surface area contributed by atoms with Gasteiger partial charge < -0.3 is 24.1 Å². The van der Waals surface area contributed by atoms with Crippen molar-refractivity contribution in [2.75, 3.05) is 20.8 Å². The number of pyridine rings is 1. The highest BCUT2D eigenvalue weighted by molar-refractivity contribution is 5.99. The highest BCUT2D eigenvalue weighted by atomic mass is 16.5. The van der Waals surface area contributed by atoms with Gasteiger partial charge in [-0.25, -0.2) is 4.98 Å². The average molecular weight is 592 g/mol. The van der Waals surface area contributed by atoms with Crippen LogP contribution in [0.4, 0.5) is 0 Å². The number of carbonyl (C=O) groups is 2. The van der Waals surface area contributed by atoms with Gasteiger partial charge in [-0.3, -0.25) is 9.59 Å². The lowest BCUT2D eigenvalue weighted by Gasteiger charge is -2.38. The maximum Gasteiger partial charge on any atom is 0.309 e. The van der Waals surface area contributed by atoms with Gasteiger partial charge in [-0.2, -0.15) is 0 Å². The number of hydrogen-bond acceptors (Lipinski definition) is 8. The second-order valence-electron chi connectivity index (χ2n) is 11.5.